The van der Waals surface area contributed by atoms with Crippen molar-refractivity contribution in [3.63, 3.8) is 0 Å². The number of hydrogen-bond acceptors (Lipinski definition) is 4. The maximum atomic E-state index is 12.6. The molecule has 0 fully saturated rings. The van der Waals surface area contributed by atoms with Crippen molar-refractivity contribution in [2.24, 2.45) is 5.92 Å². The van der Waals surface area contributed by atoms with Gasteiger partial charge in [-0.25, -0.2) is 9.59 Å². The first-order valence-corrected chi connectivity index (χ1v) is 14.0. The molecule has 0 saturated carbocycles. The Morgan fingerprint density at radius 3 is 1.52 bits per heavy atom. The molecule has 0 saturated heterocycles. The SMILES string of the molecule is CCCCCCCCCCCCCCCCCOC(=O)C(CC(C)C)N(C)C(=O)OCCC. The fraction of sp³-hybridized carbons (Fsp3) is 0.929. The molecule has 5 nitrogen and oxygen atoms in total. The van der Waals surface area contributed by atoms with Crippen LogP contribution in [0.1, 0.15) is 137 Å². The summed E-state index contributed by atoms with van der Waals surface area (Å²) in [4.78, 5) is 26.1. The summed E-state index contributed by atoms with van der Waals surface area (Å²) in [6, 6.07) is -0.578. The van der Waals surface area contributed by atoms with Crippen LogP contribution in [0.25, 0.3) is 0 Å². The number of hydrogen-bond donors (Lipinski definition) is 0. The standard InChI is InChI=1S/C28H55NO4/c1-6-8-9-10-11-12-13-14-15-16-17-18-19-20-21-23-32-27(30)26(24-25(3)4)29(5)28(31)33-22-7-2/h25-26H,6-24H2,1-5H3. The average Bonchev–Trinajstić information content (AvgIpc) is 2.79. The van der Waals surface area contributed by atoms with Crippen molar-refractivity contribution in [1.29, 1.82) is 0 Å². The van der Waals surface area contributed by atoms with E-state index in [1.54, 1.807) is 7.05 Å². The molecule has 1 amide bonds. The van der Waals surface area contributed by atoms with Gasteiger partial charge in [0.1, 0.15) is 6.04 Å². The normalized spacial score (nSPS) is 12.1. The van der Waals surface area contributed by atoms with Gasteiger partial charge in [0.05, 0.1) is 13.2 Å². The third-order valence-electron chi connectivity index (χ3n) is 6.14. The van der Waals surface area contributed by atoms with Gasteiger partial charge in [0.25, 0.3) is 0 Å². The Balaban J connectivity index is 3.77. The molecule has 0 bridgehead atoms. The maximum Gasteiger partial charge on any atom is 0.410 e. The number of rotatable bonds is 22. The molecule has 0 rings (SSSR count). The summed E-state index contributed by atoms with van der Waals surface area (Å²) in [5, 5.41) is 0. The Kier molecular flexibility index (Phi) is 21.7. The minimum absolute atomic E-state index is 0.287. The highest BCUT2D eigenvalue weighted by molar-refractivity contribution is 5.81. The lowest BCUT2D eigenvalue weighted by molar-refractivity contribution is -0.149. The van der Waals surface area contributed by atoms with Crippen LogP contribution in [0.2, 0.25) is 0 Å². The van der Waals surface area contributed by atoms with Crippen LogP contribution in [-0.2, 0) is 14.3 Å². The van der Waals surface area contributed by atoms with E-state index in [1.165, 1.54) is 88.4 Å². The fourth-order valence-electron chi connectivity index (χ4n) is 4.02. The van der Waals surface area contributed by atoms with E-state index in [9.17, 15) is 9.59 Å². The molecule has 0 aromatic carbocycles. The predicted molar refractivity (Wildman–Crippen MR) is 139 cm³/mol. The van der Waals surface area contributed by atoms with E-state index >= 15 is 0 Å². The quantitative estimate of drug-likeness (QED) is 0.118. The van der Waals surface area contributed by atoms with Crippen molar-refractivity contribution in [2.45, 2.75) is 143 Å². The fourth-order valence-corrected chi connectivity index (χ4v) is 4.02. The van der Waals surface area contributed by atoms with Gasteiger partial charge in [-0.3, -0.25) is 4.90 Å². The summed E-state index contributed by atoms with van der Waals surface area (Å²) in [6.45, 7) is 9.11. The second-order valence-electron chi connectivity index (χ2n) is 9.99. The van der Waals surface area contributed by atoms with Crippen LogP contribution in [0.5, 0.6) is 0 Å². The van der Waals surface area contributed by atoms with Crippen LogP contribution in [-0.4, -0.2) is 43.3 Å². The number of nitrogens with zero attached hydrogens (tertiary/aromatic N) is 1. The molecular formula is C28H55NO4. The van der Waals surface area contributed by atoms with Crippen molar-refractivity contribution in [3.8, 4) is 0 Å². The van der Waals surface area contributed by atoms with Gasteiger partial charge in [0.2, 0.25) is 0 Å². The number of likely N-dealkylation sites (N-methyl/N-ethyl adjacent to an activating group) is 1. The molecular weight excluding hydrogens is 414 g/mol. The number of amides is 1. The Morgan fingerprint density at radius 2 is 1.09 bits per heavy atom. The zero-order valence-electron chi connectivity index (χ0n) is 22.7. The summed E-state index contributed by atoms with van der Waals surface area (Å²) < 4.78 is 10.7. The maximum absolute atomic E-state index is 12.6. The Bertz CT molecular complexity index is 467. The van der Waals surface area contributed by atoms with Crippen LogP contribution in [0.4, 0.5) is 4.79 Å². The van der Waals surface area contributed by atoms with Crippen LogP contribution in [0, 0.1) is 5.92 Å². The van der Waals surface area contributed by atoms with Crippen LogP contribution >= 0.6 is 0 Å². The minimum atomic E-state index is -0.578. The van der Waals surface area contributed by atoms with Gasteiger partial charge in [-0.1, -0.05) is 118 Å². The molecule has 0 aromatic rings. The van der Waals surface area contributed by atoms with Gasteiger partial charge in [-0.15, -0.1) is 0 Å². The first kappa shape index (κ1) is 31.7. The molecule has 0 N–H and O–H groups in total. The third kappa shape index (κ3) is 18.8. The lowest BCUT2D eigenvalue weighted by Gasteiger charge is -2.27. The van der Waals surface area contributed by atoms with Crippen molar-refractivity contribution in [1.82, 2.24) is 4.90 Å². The van der Waals surface area contributed by atoms with Gasteiger partial charge in [-0.05, 0) is 25.2 Å². The zero-order valence-corrected chi connectivity index (χ0v) is 22.7. The van der Waals surface area contributed by atoms with Crippen molar-refractivity contribution in [2.75, 3.05) is 20.3 Å². The summed E-state index contributed by atoms with van der Waals surface area (Å²) >= 11 is 0. The largest absolute Gasteiger partial charge is 0.464 e. The Hall–Kier alpha value is -1.26. The Morgan fingerprint density at radius 1 is 0.636 bits per heavy atom. The highest BCUT2D eigenvalue weighted by atomic mass is 16.6. The predicted octanol–water partition coefficient (Wildman–Crippen LogP) is 8.29. The van der Waals surface area contributed by atoms with E-state index in [0.29, 0.717) is 19.6 Å². The zero-order chi connectivity index (χ0) is 24.7. The van der Waals surface area contributed by atoms with E-state index in [-0.39, 0.29) is 11.9 Å². The minimum Gasteiger partial charge on any atom is -0.464 e. The first-order chi connectivity index (χ1) is 15.9. The number of carbonyl (C=O) groups excluding carboxylic acids is 2. The highest BCUT2D eigenvalue weighted by Crippen LogP contribution is 2.15. The summed E-state index contributed by atoms with van der Waals surface area (Å²) in [5.41, 5.74) is 0. The molecule has 1 atom stereocenters. The van der Waals surface area contributed by atoms with Gasteiger partial charge in [-0.2, -0.15) is 0 Å². The van der Waals surface area contributed by atoms with E-state index in [0.717, 1.165) is 19.3 Å². The molecule has 5 heteroatoms. The lowest BCUT2D eigenvalue weighted by atomic mass is 10.0. The van der Waals surface area contributed by atoms with Gasteiger partial charge in [0.15, 0.2) is 0 Å². The molecule has 0 aliphatic carbocycles. The highest BCUT2D eigenvalue weighted by Gasteiger charge is 2.29. The molecule has 0 radical (unpaired) electrons. The molecule has 33 heavy (non-hydrogen) atoms. The van der Waals surface area contributed by atoms with E-state index in [4.69, 9.17) is 9.47 Å². The first-order valence-electron chi connectivity index (χ1n) is 14.0. The van der Waals surface area contributed by atoms with Gasteiger partial charge >= 0.3 is 12.1 Å². The number of unbranched alkanes of at least 4 members (excludes halogenated alkanes) is 14. The molecule has 0 aliphatic heterocycles. The Labute approximate surface area is 205 Å². The monoisotopic (exact) mass is 469 g/mol. The van der Waals surface area contributed by atoms with Crippen molar-refractivity contribution < 1.29 is 19.1 Å². The van der Waals surface area contributed by atoms with Gasteiger partial charge in [0, 0.05) is 7.05 Å². The summed E-state index contributed by atoms with van der Waals surface area (Å²) in [7, 11) is 1.62. The van der Waals surface area contributed by atoms with E-state index < -0.39 is 12.1 Å². The topological polar surface area (TPSA) is 55.8 Å². The molecule has 0 aliphatic rings. The second-order valence-corrected chi connectivity index (χ2v) is 9.99. The number of esters is 1. The van der Waals surface area contributed by atoms with Crippen molar-refractivity contribution >= 4 is 12.1 Å². The summed E-state index contributed by atoms with van der Waals surface area (Å²) in [6.07, 6.45) is 20.6. The van der Waals surface area contributed by atoms with E-state index in [2.05, 4.69) is 6.92 Å². The number of ether oxygens (including phenoxy) is 2. The van der Waals surface area contributed by atoms with Crippen LogP contribution in [0.15, 0.2) is 0 Å². The van der Waals surface area contributed by atoms with Crippen molar-refractivity contribution in [3.05, 3.63) is 0 Å². The van der Waals surface area contributed by atoms with Gasteiger partial charge < -0.3 is 9.47 Å². The molecule has 0 heterocycles. The molecule has 1 unspecified atom stereocenters. The number of carbonyl (C=O) groups is 2. The summed E-state index contributed by atoms with van der Waals surface area (Å²) in [5.74, 6) is -0.0280. The van der Waals surface area contributed by atoms with Crippen LogP contribution in [0.3, 0.4) is 0 Å². The smallest absolute Gasteiger partial charge is 0.410 e. The average molecular weight is 470 g/mol. The molecule has 0 spiro atoms. The molecule has 196 valence electrons. The van der Waals surface area contributed by atoms with Crippen LogP contribution < -0.4 is 0 Å². The van der Waals surface area contributed by atoms with E-state index in [1.807, 2.05) is 20.8 Å². The second kappa shape index (κ2) is 22.5. The third-order valence-corrected chi connectivity index (χ3v) is 6.14. The molecule has 0 aromatic heterocycles. The lowest BCUT2D eigenvalue weighted by Crippen LogP contribution is -2.44.